The molecule has 8 nitrogen and oxygen atoms in total. The van der Waals surface area contributed by atoms with Crippen molar-refractivity contribution in [3.05, 3.63) is 48.3 Å². The Bertz CT molecular complexity index is 744. The van der Waals surface area contributed by atoms with Crippen molar-refractivity contribution in [2.24, 2.45) is 11.7 Å². The molecule has 2 unspecified atom stereocenters. The summed E-state index contributed by atoms with van der Waals surface area (Å²) in [7, 11) is 3.89. The molecule has 0 saturated heterocycles. The number of nitrogens with two attached hydrogens (primary N) is 1. The van der Waals surface area contributed by atoms with Crippen LogP contribution in [-0.2, 0) is 16.1 Å². The number of carbonyl (C=O) groups excluding carboxylic acids is 2. The minimum absolute atomic E-state index is 0.0996. The number of nitrogens with zero attached hydrogens (tertiary/aromatic N) is 3. The maximum Gasteiger partial charge on any atom is 0.241 e. The van der Waals surface area contributed by atoms with E-state index in [1.807, 2.05) is 49.3 Å². The van der Waals surface area contributed by atoms with Gasteiger partial charge in [-0.05, 0) is 19.7 Å². The largest absolute Gasteiger partial charge is 0.353 e. The van der Waals surface area contributed by atoms with Crippen molar-refractivity contribution in [1.82, 2.24) is 20.0 Å². The van der Waals surface area contributed by atoms with E-state index in [1.54, 1.807) is 13.1 Å². The molecule has 0 bridgehead atoms. The number of hydrogen-bond acceptors (Lipinski definition) is 5. The predicted octanol–water partition coefficient (Wildman–Crippen LogP) is 0.836. The predicted molar refractivity (Wildman–Crippen MR) is 105 cm³/mol. The summed E-state index contributed by atoms with van der Waals surface area (Å²) in [6.45, 7) is 3.23. The summed E-state index contributed by atoms with van der Waals surface area (Å²) < 4.78 is 1.49. The molecule has 1 heterocycles. The molecule has 0 aliphatic heterocycles. The lowest BCUT2D eigenvalue weighted by atomic mass is 9.95. The first kappa shape index (κ1) is 20.6. The van der Waals surface area contributed by atoms with E-state index in [2.05, 4.69) is 15.7 Å². The molecule has 8 heteroatoms. The summed E-state index contributed by atoms with van der Waals surface area (Å²) in [6.07, 6.45) is 3.15. The third-order valence-electron chi connectivity index (χ3n) is 4.22. The van der Waals surface area contributed by atoms with Gasteiger partial charge < -0.3 is 21.3 Å². The second-order valence-electron chi connectivity index (χ2n) is 6.79. The Morgan fingerprint density at radius 2 is 1.96 bits per heavy atom. The molecule has 2 atom stereocenters. The lowest BCUT2D eigenvalue weighted by Crippen LogP contribution is -2.33. The fourth-order valence-corrected chi connectivity index (χ4v) is 2.52. The van der Waals surface area contributed by atoms with Gasteiger partial charge in [-0.2, -0.15) is 5.10 Å². The van der Waals surface area contributed by atoms with Gasteiger partial charge in [0.25, 0.3) is 0 Å². The van der Waals surface area contributed by atoms with E-state index >= 15 is 0 Å². The number of likely N-dealkylation sites (N-methyl/N-ethyl adjacent to an activating group) is 1. The molecular formula is C19H28N6O2. The number of hydrogen-bond donors (Lipinski definition) is 3. The van der Waals surface area contributed by atoms with E-state index in [4.69, 9.17) is 5.73 Å². The van der Waals surface area contributed by atoms with E-state index in [1.165, 1.54) is 10.9 Å². The molecule has 1 aromatic heterocycles. The molecule has 4 N–H and O–H groups in total. The maximum atomic E-state index is 12.5. The molecule has 0 aliphatic carbocycles. The quantitative estimate of drug-likeness (QED) is 0.605. The van der Waals surface area contributed by atoms with Crippen molar-refractivity contribution >= 4 is 17.5 Å². The number of nitrogens with one attached hydrogen (secondary N) is 2. The Labute approximate surface area is 159 Å². The van der Waals surface area contributed by atoms with Gasteiger partial charge in [-0.3, -0.25) is 14.3 Å². The van der Waals surface area contributed by atoms with Crippen molar-refractivity contribution in [2.75, 3.05) is 32.5 Å². The smallest absolute Gasteiger partial charge is 0.241 e. The lowest BCUT2D eigenvalue weighted by Gasteiger charge is -2.19. The highest BCUT2D eigenvalue weighted by atomic mass is 16.2. The van der Waals surface area contributed by atoms with Crippen molar-refractivity contribution in [3.63, 3.8) is 0 Å². The van der Waals surface area contributed by atoms with Crippen molar-refractivity contribution in [1.29, 1.82) is 0 Å². The molecule has 0 aliphatic rings. The van der Waals surface area contributed by atoms with Crippen LogP contribution >= 0.6 is 0 Å². The van der Waals surface area contributed by atoms with E-state index in [0.717, 1.165) is 12.1 Å². The number of carbonyl (C=O) groups is 2. The first-order valence-electron chi connectivity index (χ1n) is 8.92. The monoisotopic (exact) mass is 372 g/mol. The zero-order valence-corrected chi connectivity index (χ0v) is 16.1. The Kier molecular flexibility index (Phi) is 7.51. The van der Waals surface area contributed by atoms with Crippen molar-refractivity contribution in [3.8, 4) is 0 Å². The summed E-state index contributed by atoms with van der Waals surface area (Å²) in [6, 6.07) is 9.11. The summed E-state index contributed by atoms with van der Waals surface area (Å²) >= 11 is 0. The summed E-state index contributed by atoms with van der Waals surface area (Å²) in [5.41, 5.74) is 7.64. The second kappa shape index (κ2) is 9.84. The molecule has 0 radical (unpaired) electrons. The normalized spacial score (nSPS) is 13.2. The molecule has 2 amide bonds. The van der Waals surface area contributed by atoms with E-state index in [-0.39, 0.29) is 18.4 Å². The minimum Gasteiger partial charge on any atom is -0.353 e. The number of benzene rings is 1. The highest BCUT2D eigenvalue weighted by Gasteiger charge is 2.22. The van der Waals surface area contributed by atoms with Gasteiger partial charge in [0.1, 0.15) is 6.54 Å². The van der Waals surface area contributed by atoms with Gasteiger partial charge in [0.05, 0.1) is 17.8 Å². The highest BCUT2D eigenvalue weighted by Crippen LogP contribution is 2.20. The van der Waals surface area contributed by atoms with Gasteiger partial charge >= 0.3 is 0 Å². The molecule has 2 rings (SSSR count). The zero-order valence-electron chi connectivity index (χ0n) is 16.1. The SMILES string of the molecule is CC(C(=O)Nc1cnn(CC(=O)NCCN(C)C)c1)C(N)c1ccccc1. The van der Waals surface area contributed by atoms with Crippen LogP contribution in [0.3, 0.4) is 0 Å². The standard InChI is InChI=1S/C19H28N6O2/c1-14(18(20)15-7-5-4-6-8-15)19(27)23-16-11-22-25(12-16)13-17(26)21-9-10-24(2)3/h4-8,11-12,14,18H,9-10,13,20H2,1-3H3,(H,21,26)(H,23,27). The average Bonchev–Trinajstić information content (AvgIpc) is 3.07. The highest BCUT2D eigenvalue weighted by molar-refractivity contribution is 5.92. The molecule has 0 saturated carbocycles. The van der Waals surface area contributed by atoms with Crippen LogP contribution in [-0.4, -0.2) is 53.7 Å². The Morgan fingerprint density at radius 3 is 2.63 bits per heavy atom. The van der Waals surface area contributed by atoms with Crippen LogP contribution in [0.2, 0.25) is 0 Å². The van der Waals surface area contributed by atoms with E-state index in [9.17, 15) is 9.59 Å². The fourth-order valence-electron chi connectivity index (χ4n) is 2.52. The number of amides is 2. The molecular weight excluding hydrogens is 344 g/mol. The van der Waals surface area contributed by atoms with Gasteiger partial charge in [0.2, 0.25) is 11.8 Å². The molecule has 146 valence electrons. The van der Waals surface area contributed by atoms with Gasteiger partial charge in [0.15, 0.2) is 0 Å². The van der Waals surface area contributed by atoms with Crippen LogP contribution in [0.15, 0.2) is 42.7 Å². The summed E-state index contributed by atoms with van der Waals surface area (Å²) in [5.74, 6) is -0.733. The third-order valence-corrected chi connectivity index (χ3v) is 4.22. The lowest BCUT2D eigenvalue weighted by molar-refractivity contribution is -0.122. The van der Waals surface area contributed by atoms with Gasteiger partial charge in [-0.15, -0.1) is 0 Å². The number of rotatable bonds is 9. The van der Waals surface area contributed by atoms with Crippen LogP contribution in [0.4, 0.5) is 5.69 Å². The topological polar surface area (TPSA) is 105 Å². The molecule has 1 aromatic carbocycles. The van der Waals surface area contributed by atoms with Crippen molar-refractivity contribution in [2.45, 2.75) is 19.5 Å². The molecule has 0 spiro atoms. The van der Waals surface area contributed by atoms with E-state index < -0.39 is 12.0 Å². The zero-order chi connectivity index (χ0) is 19.8. The van der Waals surface area contributed by atoms with Crippen LogP contribution < -0.4 is 16.4 Å². The molecule has 2 aromatic rings. The fraction of sp³-hybridized carbons (Fsp3) is 0.421. The average molecular weight is 372 g/mol. The minimum atomic E-state index is -0.412. The number of aromatic nitrogens is 2. The Morgan fingerprint density at radius 1 is 1.26 bits per heavy atom. The first-order chi connectivity index (χ1) is 12.9. The van der Waals surface area contributed by atoms with Gasteiger partial charge in [-0.1, -0.05) is 37.3 Å². The van der Waals surface area contributed by atoms with Gasteiger partial charge in [0, 0.05) is 25.3 Å². The summed E-state index contributed by atoms with van der Waals surface area (Å²) in [4.78, 5) is 26.3. The van der Waals surface area contributed by atoms with Crippen molar-refractivity contribution < 1.29 is 9.59 Å². The van der Waals surface area contributed by atoms with Crippen LogP contribution in [0.1, 0.15) is 18.5 Å². The molecule has 0 fully saturated rings. The maximum absolute atomic E-state index is 12.5. The van der Waals surface area contributed by atoms with Crippen LogP contribution in [0.5, 0.6) is 0 Å². The van der Waals surface area contributed by atoms with Crippen LogP contribution in [0.25, 0.3) is 0 Å². The van der Waals surface area contributed by atoms with E-state index in [0.29, 0.717) is 12.2 Å². The second-order valence-corrected chi connectivity index (χ2v) is 6.79. The third kappa shape index (κ3) is 6.50. The number of anilines is 1. The van der Waals surface area contributed by atoms with Crippen LogP contribution in [0, 0.1) is 5.92 Å². The summed E-state index contributed by atoms with van der Waals surface area (Å²) in [5, 5.41) is 9.74. The first-order valence-corrected chi connectivity index (χ1v) is 8.92. The molecule has 27 heavy (non-hydrogen) atoms. The Hall–Kier alpha value is -2.71. The Balaban J connectivity index is 1.85. The van der Waals surface area contributed by atoms with Gasteiger partial charge in [-0.25, -0.2) is 0 Å².